The molecule has 0 bridgehead atoms. The summed E-state index contributed by atoms with van der Waals surface area (Å²) in [6, 6.07) is 4.69. The van der Waals surface area contributed by atoms with Crippen LogP contribution in [0.2, 0.25) is 0 Å². The van der Waals surface area contributed by atoms with E-state index in [4.69, 9.17) is 12.2 Å². The third-order valence-corrected chi connectivity index (χ3v) is 5.16. The highest BCUT2D eigenvalue weighted by Gasteiger charge is 2.33. The third kappa shape index (κ3) is 7.37. The lowest BCUT2D eigenvalue weighted by Crippen LogP contribution is -2.37. The summed E-state index contributed by atoms with van der Waals surface area (Å²) in [5.74, 6) is -0.995. The molecule has 0 spiro atoms. The zero-order valence-electron chi connectivity index (χ0n) is 15.3. The Bertz CT molecular complexity index is 680. The largest absolute Gasteiger partial charge is 0.418 e. The first kappa shape index (κ1) is 23.2. The number of nitrogens with zero attached hydrogens (tertiary/aromatic N) is 2. The predicted octanol–water partition coefficient (Wildman–Crippen LogP) is 3.46. The van der Waals surface area contributed by atoms with Gasteiger partial charge < -0.3 is 15.1 Å². The normalized spacial score (nSPS) is 11.0. The number of thioether (sulfide) groups is 1. The van der Waals surface area contributed by atoms with Crippen LogP contribution in [-0.2, 0) is 15.8 Å². The Labute approximate surface area is 166 Å². The lowest BCUT2D eigenvalue weighted by Gasteiger charge is -2.22. The van der Waals surface area contributed by atoms with E-state index in [-0.39, 0.29) is 23.9 Å². The first-order valence-electron chi connectivity index (χ1n) is 8.21. The number of anilines is 1. The summed E-state index contributed by atoms with van der Waals surface area (Å²) in [5, 5.41) is 2.21. The summed E-state index contributed by atoms with van der Waals surface area (Å²) in [6.07, 6.45) is -4.58. The molecule has 150 valence electrons. The molecule has 0 aliphatic heterocycles. The number of amides is 2. The molecule has 27 heavy (non-hydrogen) atoms. The molecular weight excluding hydrogens is 399 g/mol. The Kier molecular flexibility index (Phi) is 9.04. The van der Waals surface area contributed by atoms with Crippen LogP contribution in [0.4, 0.5) is 18.9 Å². The fourth-order valence-electron chi connectivity index (χ4n) is 2.14. The number of para-hydroxylation sites is 1. The number of halogens is 3. The average Bonchev–Trinajstić information content (AvgIpc) is 2.60. The molecule has 1 N–H and O–H groups in total. The fraction of sp³-hybridized carbons (Fsp3) is 0.471. The van der Waals surface area contributed by atoms with Gasteiger partial charge in [-0.1, -0.05) is 36.1 Å². The summed E-state index contributed by atoms with van der Waals surface area (Å²) in [5.41, 5.74) is -1.28. The van der Waals surface area contributed by atoms with Crippen molar-refractivity contribution in [3.8, 4) is 0 Å². The maximum Gasteiger partial charge on any atom is 0.418 e. The Morgan fingerprint density at radius 3 is 2.33 bits per heavy atom. The maximum absolute atomic E-state index is 13.0. The van der Waals surface area contributed by atoms with Crippen molar-refractivity contribution < 1.29 is 22.8 Å². The number of hydrogen-bond donors (Lipinski definition) is 1. The molecular formula is C17H22F3N3O2S2. The molecule has 5 nitrogen and oxygen atoms in total. The molecule has 0 heterocycles. The number of carbonyl (C=O) groups excluding carboxylic acids is 2. The van der Waals surface area contributed by atoms with Crippen molar-refractivity contribution in [2.24, 2.45) is 0 Å². The number of nitrogens with one attached hydrogen (secondary N) is 1. The van der Waals surface area contributed by atoms with E-state index < -0.39 is 17.6 Å². The van der Waals surface area contributed by atoms with E-state index in [1.54, 1.807) is 0 Å². The lowest BCUT2D eigenvalue weighted by molar-refractivity contribution is -0.137. The summed E-state index contributed by atoms with van der Waals surface area (Å²) < 4.78 is 39.5. The Morgan fingerprint density at radius 2 is 1.78 bits per heavy atom. The second-order valence-electron chi connectivity index (χ2n) is 5.57. The molecule has 1 aromatic carbocycles. The molecule has 0 aliphatic carbocycles. The first-order chi connectivity index (χ1) is 12.6. The van der Waals surface area contributed by atoms with Crippen LogP contribution in [0.25, 0.3) is 0 Å². The predicted molar refractivity (Wildman–Crippen MR) is 106 cm³/mol. The van der Waals surface area contributed by atoms with Gasteiger partial charge in [0.25, 0.3) is 0 Å². The van der Waals surface area contributed by atoms with E-state index in [1.807, 2.05) is 18.7 Å². The second kappa shape index (κ2) is 10.5. The van der Waals surface area contributed by atoms with Crippen LogP contribution in [0.1, 0.15) is 19.4 Å². The quantitative estimate of drug-likeness (QED) is 0.684. The number of thiocarbonyl (C=S) groups is 1. The third-order valence-electron chi connectivity index (χ3n) is 3.65. The first-order valence-corrected chi connectivity index (χ1v) is 9.61. The molecule has 0 atom stereocenters. The van der Waals surface area contributed by atoms with Gasteiger partial charge in [-0.2, -0.15) is 13.2 Å². The number of carbonyl (C=O) groups is 2. The minimum atomic E-state index is -4.58. The van der Waals surface area contributed by atoms with Gasteiger partial charge in [0.1, 0.15) is 4.32 Å². The van der Waals surface area contributed by atoms with E-state index in [0.717, 1.165) is 24.1 Å². The van der Waals surface area contributed by atoms with Gasteiger partial charge in [0.15, 0.2) is 0 Å². The van der Waals surface area contributed by atoms with Gasteiger partial charge >= 0.3 is 6.18 Å². The maximum atomic E-state index is 13.0. The van der Waals surface area contributed by atoms with Crippen LogP contribution in [-0.4, -0.2) is 58.4 Å². The summed E-state index contributed by atoms with van der Waals surface area (Å²) in [6.45, 7) is 5.01. The Hall–Kier alpha value is -1.81. The van der Waals surface area contributed by atoms with Gasteiger partial charge in [-0.25, -0.2) is 0 Å². The Balaban J connectivity index is 2.60. The van der Waals surface area contributed by atoms with E-state index in [9.17, 15) is 22.8 Å². The van der Waals surface area contributed by atoms with Gasteiger partial charge in [0.2, 0.25) is 11.8 Å². The highest BCUT2D eigenvalue weighted by molar-refractivity contribution is 8.23. The van der Waals surface area contributed by atoms with Crippen molar-refractivity contribution in [3.05, 3.63) is 29.8 Å². The monoisotopic (exact) mass is 421 g/mol. The lowest BCUT2D eigenvalue weighted by atomic mass is 10.1. The number of likely N-dealkylation sites (N-methyl/N-ethyl adjacent to an activating group) is 1. The van der Waals surface area contributed by atoms with E-state index in [0.29, 0.717) is 4.32 Å². The van der Waals surface area contributed by atoms with Gasteiger partial charge in [0.05, 0.1) is 23.5 Å². The minimum absolute atomic E-state index is 0.0538. The molecule has 2 amide bonds. The fourth-order valence-corrected chi connectivity index (χ4v) is 3.48. The van der Waals surface area contributed by atoms with Crippen LogP contribution >= 0.6 is 24.0 Å². The molecule has 0 aliphatic rings. The van der Waals surface area contributed by atoms with Crippen molar-refractivity contribution in [2.75, 3.05) is 37.8 Å². The van der Waals surface area contributed by atoms with E-state index in [2.05, 4.69) is 5.32 Å². The average molecular weight is 422 g/mol. The number of hydrogen-bond acceptors (Lipinski definition) is 4. The summed E-state index contributed by atoms with van der Waals surface area (Å²) >= 11 is 6.43. The summed E-state index contributed by atoms with van der Waals surface area (Å²) in [7, 11) is 1.42. The van der Waals surface area contributed by atoms with Crippen molar-refractivity contribution in [1.82, 2.24) is 9.80 Å². The van der Waals surface area contributed by atoms with Crippen molar-refractivity contribution in [1.29, 1.82) is 0 Å². The van der Waals surface area contributed by atoms with E-state index >= 15 is 0 Å². The zero-order chi connectivity index (χ0) is 20.6. The van der Waals surface area contributed by atoms with Gasteiger partial charge in [-0.3, -0.25) is 9.59 Å². The number of alkyl halides is 3. The molecule has 0 aromatic heterocycles. The van der Waals surface area contributed by atoms with Crippen LogP contribution in [0.5, 0.6) is 0 Å². The Morgan fingerprint density at radius 1 is 1.19 bits per heavy atom. The van der Waals surface area contributed by atoms with Crippen molar-refractivity contribution in [3.63, 3.8) is 0 Å². The topological polar surface area (TPSA) is 52.7 Å². The zero-order valence-corrected chi connectivity index (χ0v) is 16.9. The van der Waals surface area contributed by atoms with Crippen molar-refractivity contribution >= 4 is 45.8 Å². The highest BCUT2D eigenvalue weighted by atomic mass is 32.2. The minimum Gasteiger partial charge on any atom is -0.358 e. The van der Waals surface area contributed by atoms with Crippen molar-refractivity contribution in [2.45, 2.75) is 20.0 Å². The van der Waals surface area contributed by atoms with Gasteiger partial charge in [-0.05, 0) is 26.0 Å². The standard InChI is InChI=1S/C17H22F3N3O2S2/c1-4-23(5-2)16(26)27-11-15(25)22(3)10-14(24)21-13-9-7-6-8-12(13)17(18,19)20/h6-9H,4-5,10-11H2,1-3H3,(H,21,24). The molecule has 0 saturated heterocycles. The van der Waals surface area contributed by atoms with E-state index in [1.165, 1.54) is 37.0 Å². The smallest absolute Gasteiger partial charge is 0.358 e. The van der Waals surface area contributed by atoms with Crippen LogP contribution < -0.4 is 5.32 Å². The molecule has 0 saturated carbocycles. The van der Waals surface area contributed by atoms with Gasteiger partial charge in [0, 0.05) is 20.1 Å². The molecule has 1 rings (SSSR count). The van der Waals surface area contributed by atoms with Gasteiger partial charge in [-0.15, -0.1) is 0 Å². The number of benzene rings is 1. The molecule has 0 radical (unpaired) electrons. The molecule has 0 unspecified atom stereocenters. The molecule has 10 heteroatoms. The number of rotatable bonds is 7. The van der Waals surface area contributed by atoms with Crippen LogP contribution in [0.3, 0.4) is 0 Å². The second-order valence-corrected chi connectivity index (χ2v) is 7.18. The molecule has 0 fully saturated rings. The SMILES string of the molecule is CCN(CC)C(=S)SCC(=O)N(C)CC(=O)Nc1ccccc1C(F)(F)F. The van der Waals surface area contributed by atoms with Crippen LogP contribution in [0, 0.1) is 0 Å². The molecule has 1 aromatic rings. The highest BCUT2D eigenvalue weighted by Crippen LogP contribution is 2.34. The van der Waals surface area contributed by atoms with Crippen LogP contribution in [0.15, 0.2) is 24.3 Å². The summed E-state index contributed by atoms with van der Waals surface area (Å²) in [4.78, 5) is 27.2.